The maximum atomic E-state index is 12.1. The van der Waals surface area contributed by atoms with Gasteiger partial charge in [-0.3, -0.25) is 4.79 Å². The van der Waals surface area contributed by atoms with E-state index in [1.54, 1.807) is 32.0 Å². The average molecular weight is 431 g/mol. The predicted octanol–water partition coefficient (Wildman–Crippen LogP) is 4.01. The first-order chi connectivity index (χ1) is 12.6. The number of rotatable bonds is 7. The van der Waals surface area contributed by atoms with Gasteiger partial charge in [0, 0.05) is 16.8 Å². The molecule has 0 radical (unpaired) electrons. The van der Waals surface area contributed by atoms with E-state index in [9.17, 15) is 13.2 Å². The minimum atomic E-state index is -3.66. The van der Waals surface area contributed by atoms with Crippen molar-refractivity contribution in [3.63, 3.8) is 0 Å². The Balaban J connectivity index is 2.02. The number of hydrogen-bond donors (Lipinski definition) is 2. The summed E-state index contributed by atoms with van der Waals surface area (Å²) in [5, 5.41) is 3.39. The number of benzene rings is 2. The fourth-order valence-corrected chi connectivity index (χ4v) is 4.04. The van der Waals surface area contributed by atoms with Gasteiger partial charge in [-0.2, -0.15) is 0 Å². The highest BCUT2D eigenvalue weighted by Crippen LogP contribution is 2.27. The van der Waals surface area contributed by atoms with Crippen molar-refractivity contribution in [2.75, 3.05) is 11.9 Å². The molecule has 2 N–H and O–H groups in total. The van der Waals surface area contributed by atoms with E-state index in [1.807, 2.05) is 6.92 Å². The topological polar surface area (TPSA) is 84.5 Å². The van der Waals surface area contributed by atoms with Gasteiger partial charge >= 0.3 is 0 Å². The second-order valence-electron chi connectivity index (χ2n) is 6.16. The zero-order chi connectivity index (χ0) is 20.2. The number of sulfonamides is 1. The lowest BCUT2D eigenvalue weighted by atomic mass is 10.2. The van der Waals surface area contributed by atoms with Gasteiger partial charge in [-0.15, -0.1) is 0 Å². The first-order valence-corrected chi connectivity index (χ1v) is 10.3. The van der Waals surface area contributed by atoms with Gasteiger partial charge in [-0.05, 0) is 62.7 Å². The number of hydrogen-bond acceptors (Lipinski definition) is 4. The Morgan fingerprint density at radius 3 is 2.44 bits per heavy atom. The summed E-state index contributed by atoms with van der Waals surface area (Å²) in [5.74, 6) is -0.169. The normalized spacial score (nSPS) is 11.5. The molecule has 9 heteroatoms. The molecule has 0 heterocycles. The van der Waals surface area contributed by atoms with Crippen LogP contribution in [-0.2, 0) is 14.8 Å². The Labute approximate surface area is 168 Å². The fourth-order valence-electron chi connectivity index (χ4n) is 2.24. The average Bonchev–Trinajstić information content (AvgIpc) is 2.55. The minimum absolute atomic E-state index is 0.0230. The molecule has 1 amide bonds. The molecule has 27 heavy (non-hydrogen) atoms. The first-order valence-electron chi connectivity index (χ1n) is 8.09. The van der Waals surface area contributed by atoms with Crippen LogP contribution in [0.25, 0.3) is 0 Å². The third-order valence-corrected chi connectivity index (χ3v) is 5.61. The molecule has 0 aromatic heterocycles. The number of carbonyl (C=O) groups excluding carboxylic acids is 1. The number of carbonyl (C=O) groups is 1. The van der Waals surface area contributed by atoms with E-state index >= 15 is 0 Å². The molecular weight excluding hydrogens is 411 g/mol. The number of ether oxygens (including phenoxy) is 1. The quantitative estimate of drug-likeness (QED) is 0.694. The summed E-state index contributed by atoms with van der Waals surface area (Å²) in [6.45, 7) is 4.98. The molecule has 2 rings (SSSR count). The van der Waals surface area contributed by atoms with E-state index in [0.717, 1.165) is 5.56 Å². The highest BCUT2D eigenvalue weighted by atomic mass is 35.5. The predicted molar refractivity (Wildman–Crippen MR) is 107 cm³/mol. The number of aryl methyl sites for hydroxylation is 1. The monoisotopic (exact) mass is 430 g/mol. The van der Waals surface area contributed by atoms with Crippen LogP contribution in [0.15, 0.2) is 41.3 Å². The van der Waals surface area contributed by atoms with Crippen LogP contribution >= 0.6 is 23.2 Å². The largest absolute Gasteiger partial charge is 0.482 e. The Morgan fingerprint density at radius 2 is 1.85 bits per heavy atom. The first kappa shape index (κ1) is 21.5. The second kappa shape index (κ2) is 8.93. The van der Waals surface area contributed by atoms with E-state index in [1.165, 1.54) is 18.2 Å². The summed E-state index contributed by atoms with van der Waals surface area (Å²) in [5.41, 5.74) is 1.45. The lowest BCUT2D eigenvalue weighted by molar-refractivity contribution is -0.118. The van der Waals surface area contributed by atoms with Crippen molar-refractivity contribution < 1.29 is 17.9 Å². The van der Waals surface area contributed by atoms with Crippen molar-refractivity contribution in [3.05, 3.63) is 52.0 Å². The molecule has 2 aromatic carbocycles. The zero-order valence-electron chi connectivity index (χ0n) is 15.0. The highest BCUT2D eigenvalue weighted by Gasteiger charge is 2.17. The van der Waals surface area contributed by atoms with Crippen LogP contribution in [0.4, 0.5) is 5.69 Å². The van der Waals surface area contributed by atoms with Crippen LogP contribution in [-0.4, -0.2) is 27.0 Å². The summed E-state index contributed by atoms with van der Waals surface area (Å²) < 4.78 is 32.2. The van der Waals surface area contributed by atoms with Gasteiger partial charge in [-0.1, -0.05) is 23.2 Å². The Hall–Kier alpha value is -1.80. The molecule has 2 aromatic rings. The van der Waals surface area contributed by atoms with E-state index < -0.39 is 10.0 Å². The van der Waals surface area contributed by atoms with E-state index in [4.69, 9.17) is 27.9 Å². The molecule has 0 spiro atoms. The van der Waals surface area contributed by atoms with Crippen molar-refractivity contribution in [1.82, 2.24) is 4.72 Å². The summed E-state index contributed by atoms with van der Waals surface area (Å²) in [7, 11) is -3.66. The van der Waals surface area contributed by atoms with Crippen molar-refractivity contribution >= 4 is 44.8 Å². The van der Waals surface area contributed by atoms with Gasteiger partial charge in [0.05, 0.1) is 9.92 Å². The summed E-state index contributed by atoms with van der Waals surface area (Å²) >= 11 is 12.0. The van der Waals surface area contributed by atoms with Gasteiger partial charge in [0.15, 0.2) is 6.61 Å². The van der Waals surface area contributed by atoms with E-state index in [0.29, 0.717) is 10.7 Å². The van der Waals surface area contributed by atoms with Gasteiger partial charge in [0.2, 0.25) is 10.0 Å². The molecule has 0 fully saturated rings. The molecule has 0 bridgehead atoms. The smallest absolute Gasteiger partial charge is 0.262 e. The molecule has 0 unspecified atom stereocenters. The van der Waals surface area contributed by atoms with Crippen molar-refractivity contribution in [2.45, 2.75) is 31.7 Å². The van der Waals surface area contributed by atoms with Gasteiger partial charge < -0.3 is 10.1 Å². The van der Waals surface area contributed by atoms with Crippen LogP contribution in [0.5, 0.6) is 5.75 Å². The van der Waals surface area contributed by atoms with Crippen LogP contribution in [0.3, 0.4) is 0 Å². The second-order valence-corrected chi connectivity index (χ2v) is 8.72. The van der Waals surface area contributed by atoms with Gasteiger partial charge in [-0.25, -0.2) is 13.1 Å². The fraction of sp³-hybridized carbons (Fsp3) is 0.278. The third-order valence-electron chi connectivity index (χ3n) is 3.43. The zero-order valence-corrected chi connectivity index (χ0v) is 17.4. The standard InChI is InChI=1S/C18H20Cl2N2O4S/c1-11(2)22-27(24,25)14-5-7-17(15(20)9-14)26-10-18(23)21-16-6-4-13(19)8-12(16)3/h4-9,11,22H,10H2,1-3H3,(H,21,23). The van der Waals surface area contributed by atoms with Crippen LogP contribution < -0.4 is 14.8 Å². The molecule has 0 atom stereocenters. The lowest BCUT2D eigenvalue weighted by Crippen LogP contribution is -2.30. The van der Waals surface area contributed by atoms with E-state index in [-0.39, 0.29) is 34.2 Å². The molecule has 0 saturated heterocycles. The molecular formula is C18H20Cl2N2O4S. The molecule has 0 aliphatic carbocycles. The van der Waals surface area contributed by atoms with Crippen LogP contribution in [0.1, 0.15) is 19.4 Å². The third kappa shape index (κ3) is 6.10. The molecule has 0 aliphatic heterocycles. The number of halogens is 2. The summed E-state index contributed by atoms with van der Waals surface area (Å²) in [6, 6.07) is 8.92. The molecule has 0 saturated carbocycles. The van der Waals surface area contributed by atoms with Crippen molar-refractivity contribution in [1.29, 1.82) is 0 Å². The maximum absolute atomic E-state index is 12.1. The molecule has 6 nitrogen and oxygen atoms in total. The minimum Gasteiger partial charge on any atom is -0.482 e. The molecule has 0 aliphatic rings. The van der Waals surface area contributed by atoms with Crippen LogP contribution in [0, 0.1) is 6.92 Å². The number of amides is 1. The Morgan fingerprint density at radius 1 is 1.15 bits per heavy atom. The summed E-state index contributed by atoms with van der Waals surface area (Å²) in [4.78, 5) is 12.1. The van der Waals surface area contributed by atoms with Gasteiger partial charge in [0.1, 0.15) is 5.75 Å². The highest BCUT2D eigenvalue weighted by molar-refractivity contribution is 7.89. The van der Waals surface area contributed by atoms with E-state index in [2.05, 4.69) is 10.0 Å². The number of anilines is 1. The van der Waals surface area contributed by atoms with Crippen molar-refractivity contribution in [2.24, 2.45) is 0 Å². The number of nitrogens with one attached hydrogen (secondary N) is 2. The Bertz CT molecular complexity index is 946. The van der Waals surface area contributed by atoms with Crippen molar-refractivity contribution in [3.8, 4) is 5.75 Å². The summed E-state index contributed by atoms with van der Waals surface area (Å²) in [6.07, 6.45) is 0. The SMILES string of the molecule is Cc1cc(Cl)ccc1NC(=O)COc1ccc(S(=O)(=O)NC(C)C)cc1Cl. The van der Waals surface area contributed by atoms with Gasteiger partial charge in [0.25, 0.3) is 5.91 Å². The molecule has 146 valence electrons. The van der Waals surface area contributed by atoms with Crippen LogP contribution in [0.2, 0.25) is 10.0 Å². The Kier molecular flexibility index (Phi) is 7.11. The lowest BCUT2D eigenvalue weighted by Gasteiger charge is -2.13. The maximum Gasteiger partial charge on any atom is 0.262 e.